The lowest BCUT2D eigenvalue weighted by molar-refractivity contribution is 0.0697. The average Bonchev–Trinajstić information content (AvgIpc) is 2.26. The van der Waals surface area contributed by atoms with Crippen molar-refractivity contribution >= 4 is 21.9 Å². The van der Waals surface area contributed by atoms with E-state index in [9.17, 15) is 13.2 Å². The summed E-state index contributed by atoms with van der Waals surface area (Å²) in [4.78, 5) is 11.1. The van der Waals surface area contributed by atoms with Crippen LogP contribution in [0.2, 0.25) is 0 Å². The average molecular weight is 288 g/mol. The minimum absolute atomic E-state index is 0.0264. The number of ether oxygens (including phenoxy) is 1. The van der Waals surface area contributed by atoms with Gasteiger partial charge in [0.2, 0.25) is 0 Å². The Morgan fingerprint density at radius 2 is 2.00 bits per heavy atom. The van der Waals surface area contributed by atoms with Crippen molar-refractivity contribution in [2.75, 3.05) is 11.8 Å². The number of benzene rings is 1. The van der Waals surface area contributed by atoms with E-state index in [0.717, 1.165) is 0 Å². The number of hydrogen-bond donors (Lipinski definition) is 3. The maximum Gasteiger partial charge on any atom is 0.337 e. The molecule has 8 heteroatoms. The molecule has 7 nitrogen and oxygen atoms in total. The predicted octanol–water partition coefficient (Wildman–Crippen LogP) is 1.05. The fourth-order valence-corrected chi connectivity index (χ4v) is 2.55. The third-order valence-corrected chi connectivity index (χ3v) is 3.36. The van der Waals surface area contributed by atoms with E-state index >= 15 is 0 Å². The van der Waals surface area contributed by atoms with Crippen LogP contribution in [0.5, 0.6) is 5.75 Å². The van der Waals surface area contributed by atoms with Gasteiger partial charge in [-0.3, -0.25) is 4.72 Å². The summed E-state index contributed by atoms with van der Waals surface area (Å²) < 4.78 is 32.8. The van der Waals surface area contributed by atoms with Crippen LogP contribution in [-0.2, 0) is 10.2 Å². The molecule has 0 spiro atoms. The van der Waals surface area contributed by atoms with Gasteiger partial charge in [-0.05, 0) is 32.0 Å². The van der Waals surface area contributed by atoms with Gasteiger partial charge in [-0.15, -0.1) is 0 Å². The molecule has 0 unspecified atom stereocenters. The van der Waals surface area contributed by atoms with Crippen LogP contribution in [0.3, 0.4) is 0 Å². The lowest BCUT2D eigenvalue weighted by Gasteiger charge is -2.13. The van der Waals surface area contributed by atoms with Crippen molar-refractivity contribution in [2.45, 2.75) is 19.9 Å². The van der Waals surface area contributed by atoms with Gasteiger partial charge >= 0.3 is 5.97 Å². The smallest absolute Gasteiger partial charge is 0.337 e. The Hall–Kier alpha value is -1.80. The number of aromatic carboxylic acids is 1. The summed E-state index contributed by atoms with van der Waals surface area (Å²) in [6.07, 6.45) is 0. The Balaban J connectivity index is 3.11. The van der Waals surface area contributed by atoms with E-state index < -0.39 is 16.2 Å². The molecule has 0 bridgehead atoms. The molecule has 0 saturated heterocycles. The van der Waals surface area contributed by atoms with E-state index in [1.54, 1.807) is 13.8 Å². The molecule has 1 aromatic rings. The van der Waals surface area contributed by atoms with Gasteiger partial charge < -0.3 is 9.84 Å². The third-order valence-electron chi connectivity index (χ3n) is 2.09. The number of carboxylic acids is 1. The lowest BCUT2D eigenvalue weighted by atomic mass is 10.2. The Morgan fingerprint density at radius 3 is 2.47 bits per heavy atom. The highest BCUT2D eigenvalue weighted by Gasteiger charge is 2.17. The van der Waals surface area contributed by atoms with Gasteiger partial charge in [0.25, 0.3) is 10.2 Å². The van der Waals surface area contributed by atoms with Gasteiger partial charge in [-0.2, -0.15) is 13.1 Å². The number of nitrogens with one attached hydrogen (secondary N) is 2. The first kappa shape index (κ1) is 15.3. The van der Waals surface area contributed by atoms with Crippen molar-refractivity contribution < 1.29 is 23.1 Å². The van der Waals surface area contributed by atoms with E-state index in [4.69, 9.17) is 9.84 Å². The fraction of sp³-hybridized carbons (Fsp3) is 0.364. The molecule has 1 aromatic carbocycles. The normalized spacial score (nSPS) is 11.4. The Bertz CT molecular complexity index is 568. The number of rotatable bonds is 6. The molecule has 0 heterocycles. The zero-order chi connectivity index (χ0) is 14.6. The fourth-order valence-electron chi connectivity index (χ4n) is 1.40. The zero-order valence-electron chi connectivity index (χ0n) is 10.8. The van der Waals surface area contributed by atoms with E-state index in [1.807, 2.05) is 0 Å². The van der Waals surface area contributed by atoms with Crippen molar-refractivity contribution in [3.63, 3.8) is 0 Å². The SMILES string of the molecule is COc1ccc(NS(=O)(=O)NC(C)C)c(C(=O)O)c1. The van der Waals surface area contributed by atoms with Crippen molar-refractivity contribution in [1.82, 2.24) is 4.72 Å². The maximum absolute atomic E-state index is 11.7. The molecule has 0 aliphatic rings. The number of anilines is 1. The van der Waals surface area contributed by atoms with Crippen molar-refractivity contribution in [2.24, 2.45) is 0 Å². The van der Waals surface area contributed by atoms with E-state index in [1.165, 1.54) is 25.3 Å². The maximum atomic E-state index is 11.7. The highest BCUT2D eigenvalue weighted by Crippen LogP contribution is 2.22. The monoisotopic (exact) mass is 288 g/mol. The molecule has 1 rings (SSSR count). The van der Waals surface area contributed by atoms with Crippen LogP contribution >= 0.6 is 0 Å². The summed E-state index contributed by atoms with van der Waals surface area (Å²) in [5.41, 5.74) is -0.213. The number of carboxylic acid groups (broad SMARTS) is 1. The Kier molecular flexibility index (Phi) is 4.73. The van der Waals surface area contributed by atoms with Gasteiger partial charge in [-0.25, -0.2) is 4.79 Å². The quantitative estimate of drug-likeness (QED) is 0.725. The van der Waals surface area contributed by atoms with Gasteiger partial charge in [0.05, 0.1) is 18.4 Å². The highest BCUT2D eigenvalue weighted by molar-refractivity contribution is 7.90. The minimum Gasteiger partial charge on any atom is -0.497 e. The van der Waals surface area contributed by atoms with Gasteiger partial charge in [0.15, 0.2) is 0 Å². The van der Waals surface area contributed by atoms with Gasteiger partial charge in [0, 0.05) is 6.04 Å². The zero-order valence-corrected chi connectivity index (χ0v) is 11.6. The summed E-state index contributed by atoms with van der Waals surface area (Å²) in [6, 6.07) is 3.75. The summed E-state index contributed by atoms with van der Waals surface area (Å²) in [5.74, 6) is -0.918. The number of methoxy groups -OCH3 is 1. The minimum atomic E-state index is -3.81. The molecule has 0 amide bonds. The van der Waals surface area contributed by atoms with Crippen LogP contribution in [0.25, 0.3) is 0 Å². The topological polar surface area (TPSA) is 105 Å². The van der Waals surface area contributed by atoms with Crippen LogP contribution in [0.4, 0.5) is 5.69 Å². The molecule has 0 radical (unpaired) electrons. The molecular weight excluding hydrogens is 272 g/mol. The second kappa shape index (κ2) is 5.89. The molecule has 106 valence electrons. The van der Waals surface area contributed by atoms with Crippen molar-refractivity contribution in [3.8, 4) is 5.75 Å². The second-order valence-corrected chi connectivity index (χ2v) is 5.54. The molecule has 0 aliphatic heterocycles. The van der Waals surface area contributed by atoms with E-state index in [0.29, 0.717) is 5.75 Å². The van der Waals surface area contributed by atoms with Crippen LogP contribution < -0.4 is 14.2 Å². The second-order valence-electron chi connectivity index (χ2n) is 4.09. The number of carbonyl (C=O) groups is 1. The standard InChI is InChI=1S/C11H16N2O5S/c1-7(2)12-19(16,17)13-10-5-4-8(18-3)6-9(10)11(14)15/h4-7,12-13H,1-3H3,(H,14,15). The van der Waals surface area contributed by atoms with Crippen LogP contribution in [-0.4, -0.2) is 32.6 Å². The molecule has 0 fully saturated rings. The number of hydrogen-bond acceptors (Lipinski definition) is 4. The van der Waals surface area contributed by atoms with Crippen LogP contribution in [0.15, 0.2) is 18.2 Å². The van der Waals surface area contributed by atoms with Gasteiger partial charge in [-0.1, -0.05) is 0 Å². The van der Waals surface area contributed by atoms with Gasteiger partial charge in [0.1, 0.15) is 5.75 Å². The summed E-state index contributed by atoms with van der Waals surface area (Å²) >= 11 is 0. The first-order valence-corrected chi connectivity index (χ1v) is 6.95. The molecule has 0 saturated carbocycles. The molecule has 0 aliphatic carbocycles. The van der Waals surface area contributed by atoms with E-state index in [-0.39, 0.29) is 17.3 Å². The summed E-state index contributed by atoms with van der Waals surface area (Å²) in [6.45, 7) is 3.32. The largest absolute Gasteiger partial charge is 0.497 e. The Morgan fingerprint density at radius 1 is 1.37 bits per heavy atom. The summed E-state index contributed by atoms with van der Waals surface area (Å²) in [5, 5.41) is 9.05. The molecule has 3 N–H and O–H groups in total. The molecule has 19 heavy (non-hydrogen) atoms. The van der Waals surface area contributed by atoms with E-state index in [2.05, 4.69) is 9.44 Å². The Labute approximate surface area is 111 Å². The first-order valence-electron chi connectivity index (χ1n) is 5.46. The first-order chi connectivity index (χ1) is 8.75. The summed E-state index contributed by atoms with van der Waals surface area (Å²) in [7, 11) is -2.42. The third kappa shape index (κ3) is 4.42. The predicted molar refractivity (Wildman–Crippen MR) is 70.8 cm³/mol. The van der Waals surface area contributed by atoms with Crippen LogP contribution in [0.1, 0.15) is 24.2 Å². The molecular formula is C11H16N2O5S. The van der Waals surface area contributed by atoms with Crippen molar-refractivity contribution in [1.29, 1.82) is 0 Å². The molecule has 0 atom stereocenters. The van der Waals surface area contributed by atoms with Crippen LogP contribution in [0, 0.1) is 0 Å². The molecule has 0 aromatic heterocycles. The van der Waals surface area contributed by atoms with Crippen molar-refractivity contribution in [3.05, 3.63) is 23.8 Å². The lowest BCUT2D eigenvalue weighted by Crippen LogP contribution is -2.35. The highest BCUT2D eigenvalue weighted by atomic mass is 32.2.